The van der Waals surface area contributed by atoms with Gasteiger partial charge in [-0.05, 0) is 50.1 Å². The lowest BCUT2D eigenvalue weighted by Gasteiger charge is -2.35. The third kappa shape index (κ3) is 4.23. The molecule has 2 heterocycles. The molecule has 1 amide bonds. The minimum Gasteiger partial charge on any atom is -0.481 e. The van der Waals surface area contributed by atoms with Gasteiger partial charge in [-0.3, -0.25) is 9.69 Å². The molecule has 3 rings (SSSR count). The molecule has 5 nitrogen and oxygen atoms in total. The Hall–Kier alpha value is -2.27. The van der Waals surface area contributed by atoms with Crippen LogP contribution in [-0.4, -0.2) is 48.0 Å². The molecule has 1 aliphatic heterocycles. The standard InChI is InChI=1S/C20H26N2O3/c1-15-6-4-8-19(16(15)2)25-17(3)20(23)22-11-9-21(10-12-22)14-18-7-5-13-24-18/h4-8,13,17H,9-12,14H2,1-3H3/t17-/m1/s1. The second-order valence-electron chi connectivity index (χ2n) is 6.64. The highest BCUT2D eigenvalue weighted by atomic mass is 16.5. The number of hydrogen-bond acceptors (Lipinski definition) is 4. The molecule has 0 aliphatic carbocycles. The van der Waals surface area contributed by atoms with Crippen molar-refractivity contribution in [3.8, 4) is 5.75 Å². The fourth-order valence-corrected chi connectivity index (χ4v) is 3.10. The quantitative estimate of drug-likeness (QED) is 0.838. The van der Waals surface area contributed by atoms with Gasteiger partial charge >= 0.3 is 0 Å². The summed E-state index contributed by atoms with van der Waals surface area (Å²) in [6.07, 6.45) is 1.22. The number of aryl methyl sites for hydroxylation is 1. The van der Waals surface area contributed by atoms with E-state index in [-0.39, 0.29) is 5.91 Å². The van der Waals surface area contributed by atoms with Crippen LogP contribution >= 0.6 is 0 Å². The van der Waals surface area contributed by atoms with Crippen molar-refractivity contribution in [3.63, 3.8) is 0 Å². The molecule has 2 aromatic rings. The van der Waals surface area contributed by atoms with E-state index >= 15 is 0 Å². The SMILES string of the molecule is Cc1cccc(O[C@H](C)C(=O)N2CCN(Cc3ccco3)CC2)c1C. The number of carbonyl (C=O) groups excluding carboxylic acids is 1. The molecule has 1 saturated heterocycles. The average molecular weight is 342 g/mol. The van der Waals surface area contributed by atoms with Crippen LogP contribution in [-0.2, 0) is 11.3 Å². The molecule has 0 unspecified atom stereocenters. The van der Waals surface area contributed by atoms with Gasteiger partial charge in [-0.1, -0.05) is 12.1 Å². The summed E-state index contributed by atoms with van der Waals surface area (Å²) in [4.78, 5) is 16.9. The minimum atomic E-state index is -0.475. The molecule has 0 saturated carbocycles. The average Bonchev–Trinajstić information content (AvgIpc) is 3.12. The molecule has 0 spiro atoms. The van der Waals surface area contributed by atoms with Crippen LogP contribution in [0.3, 0.4) is 0 Å². The summed E-state index contributed by atoms with van der Waals surface area (Å²) in [5.74, 6) is 1.81. The first-order valence-corrected chi connectivity index (χ1v) is 8.81. The van der Waals surface area contributed by atoms with Crippen molar-refractivity contribution >= 4 is 5.91 Å². The summed E-state index contributed by atoms with van der Waals surface area (Å²) in [5, 5.41) is 0. The predicted octanol–water partition coefficient (Wildman–Crippen LogP) is 3.01. The van der Waals surface area contributed by atoms with Crippen molar-refractivity contribution in [1.29, 1.82) is 0 Å². The molecule has 5 heteroatoms. The summed E-state index contributed by atoms with van der Waals surface area (Å²) in [6.45, 7) is 9.84. The van der Waals surface area contributed by atoms with Crippen LogP contribution in [0.1, 0.15) is 23.8 Å². The number of hydrogen-bond donors (Lipinski definition) is 0. The number of carbonyl (C=O) groups is 1. The van der Waals surface area contributed by atoms with E-state index in [2.05, 4.69) is 4.90 Å². The first-order valence-electron chi connectivity index (χ1n) is 8.81. The first-order chi connectivity index (χ1) is 12.0. The van der Waals surface area contributed by atoms with Crippen LogP contribution in [0.2, 0.25) is 0 Å². The van der Waals surface area contributed by atoms with Crippen LogP contribution in [0.5, 0.6) is 5.75 Å². The Morgan fingerprint density at radius 2 is 1.92 bits per heavy atom. The Morgan fingerprint density at radius 3 is 2.60 bits per heavy atom. The Labute approximate surface area is 149 Å². The Bertz CT molecular complexity index is 704. The van der Waals surface area contributed by atoms with E-state index in [9.17, 15) is 4.79 Å². The van der Waals surface area contributed by atoms with Gasteiger partial charge in [0.2, 0.25) is 0 Å². The number of piperazine rings is 1. The third-order valence-corrected chi connectivity index (χ3v) is 4.85. The van der Waals surface area contributed by atoms with E-state index in [0.717, 1.165) is 49.8 Å². The van der Waals surface area contributed by atoms with Crippen LogP contribution in [0, 0.1) is 13.8 Å². The second kappa shape index (κ2) is 7.74. The van der Waals surface area contributed by atoms with E-state index in [0.29, 0.717) is 0 Å². The monoisotopic (exact) mass is 342 g/mol. The van der Waals surface area contributed by atoms with Crippen molar-refractivity contribution in [2.45, 2.75) is 33.4 Å². The van der Waals surface area contributed by atoms with Gasteiger partial charge in [0.25, 0.3) is 5.91 Å². The lowest BCUT2D eigenvalue weighted by Crippen LogP contribution is -2.51. The smallest absolute Gasteiger partial charge is 0.263 e. The lowest BCUT2D eigenvalue weighted by atomic mass is 10.1. The van der Waals surface area contributed by atoms with Gasteiger partial charge in [0, 0.05) is 26.2 Å². The maximum atomic E-state index is 12.7. The highest BCUT2D eigenvalue weighted by Crippen LogP contribution is 2.22. The molecule has 1 aromatic heterocycles. The van der Waals surface area contributed by atoms with Gasteiger partial charge < -0.3 is 14.1 Å². The molecular weight excluding hydrogens is 316 g/mol. The van der Waals surface area contributed by atoms with Gasteiger partial charge in [-0.15, -0.1) is 0 Å². The van der Waals surface area contributed by atoms with E-state index in [1.807, 2.05) is 56.0 Å². The van der Waals surface area contributed by atoms with Gasteiger partial charge in [-0.2, -0.15) is 0 Å². The Balaban J connectivity index is 1.52. The van der Waals surface area contributed by atoms with Gasteiger partial charge in [0.15, 0.2) is 6.10 Å². The molecule has 0 N–H and O–H groups in total. The lowest BCUT2D eigenvalue weighted by molar-refractivity contribution is -0.139. The van der Waals surface area contributed by atoms with E-state index in [4.69, 9.17) is 9.15 Å². The molecule has 25 heavy (non-hydrogen) atoms. The fourth-order valence-electron chi connectivity index (χ4n) is 3.10. The highest BCUT2D eigenvalue weighted by molar-refractivity contribution is 5.81. The van der Waals surface area contributed by atoms with E-state index in [1.165, 1.54) is 5.56 Å². The summed E-state index contributed by atoms with van der Waals surface area (Å²) >= 11 is 0. The van der Waals surface area contributed by atoms with Crippen molar-refractivity contribution in [3.05, 3.63) is 53.5 Å². The molecule has 1 fully saturated rings. The van der Waals surface area contributed by atoms with E-state index in [1.54, 1.807) is 6.26 Å². The molecule has 134 valence electrons. The van der Waals surface area contributed by atoms with Crippen molar-refractivity contribution < 1.29 is 13.9 Å². The number of nitrogens with zero attached hydrogens (tertiary/aromatic N) is 2. The zero-order valence-corrected chi connectivity index (χ0v) is 15.2. The minimum absolute atomic E-state index is 0.0542. The molecule has 0 bridgehead atoms. The van der Waals surface area contributed by atoms with Crippen LogP contribution in [0.25, 0.3) is 0 Å². The molecule has 1 atom stereocenters. The molecule has 1 aliphatic rings. The number of ether oxygens (including phenoxy) is 1. The largest absolute Gasteiger partial charge is 0.481 e. The number of benzene rings is 1. The van der Waals surface area contributed by atoms with Crippen molar-refractivity contribution in [2.75, 3.05) is 26.2 Å². The Kier molecular flexibility index (Phi) is 5.43. The van der Waals surface area contributed by atoms with Crippen LogP contribution in [0.15, 0.2) is 41.0 Å². The topological polar surface area (TPSA) is 45.9 Å². The molecular formula is C20H26N2O3. The maximum absolute atomic E-state index is 12.7. The van der Waals surface area contributed by atoms with Crippen LogP contribution in [0.4, 0.5) is 0 Å². The van der Waals surface area contributed by atoms with Crippen molar-refractivity contribution in [2.24, 2.45) is 0 Å². The maximum Gasteiger partial charge on any atom is 0.263 e. The van der Waals surface area contributed by atoms with Gasteiger partial charge in [0.05, 0.1) is 12.8 Å². The number of rotatable bonds is 5. The number of amides is 1. The predicted molar refractivity (Wildman–Crippen MR) is 96.6 cm³/mol. The van der Waals surface area contributed by atoms with Crippen molar-refractivity contribution in [1.82, 2.24) is 9.80 Å². The Morgan fingerprint density at radius 1 is 1.16 bits per heavy atom. The third-order valence-electron chi connectivity index (χ3n) is 4.85. The molecule has 1 aromatic carbocycles. The van der Waals surface area contributed by atoms with Crippen LogP contribution < -0.4 is 4.74 Å². The summed E-state index contributed by atoms with van der Waals surface area (Å²) < 4.78 is 11.3. The fraction of sp³-hybridized carbons (Fsp3) is 0.450. The zero-order valence-electron chi connectivity index (χ0n) is 15.2. The second-order valence-corrected chi connectivity index (χ2v) is 6.64. The summed E-state index contributed by atoms with van der Waals surface area (Å²) in [5.41, 5.74) is 2.26. The summed E-state index contributed by atoms with van der Waals surface area (Å²) in [6, 6.07) is 9.82. The summed E-state index contributed by atoms with van der Waals surface area (Å²) in [7, 11) is 0. The zero-order chi connectivity index (χ0) is 17.8. The molecule has 0 radical (unpaired) electrons. The van der Waals surface area contributed by atoms with Gasteiger partial charge in [-0.25, -0.2) is 0 Å². The normalized spacial score (nSPS) is 16.7. The first kappa shape index (κ1) is 17.5. The number of furan rings is 1. The highest BCUT2D eigenvalue weighted by Gasteiger charge is 2.26. The van der Waals surface area contributed by atoms with Gasteiger partial charge in [0.1, 0.15) is 11.5 Å². The van der Waals surface area contributed by atoms with E-state index < -0.39 is 6.10 Å².